The van der Waals surface area contributed by atoms with Crippen molar-refractivity contribution >= 4 is 12.1 Å². The predicted octanol–water partition coefficient (Wildman–Crippen LogP) is 0.187. The van der Waals surface area contributed by atoms with Crippen molar-refractivity contribution in [1.29, 1.82) is 0 Å². The number of primary amides is 1. The molecule has 0 saturated carbocycles. The van der Waals surface area contributed by atoms with E-state index in [1.807, 2.05) is 0 Å². The molecule has 0 spiro atoms. The number of rotatable bonds is 3. The van der Waals surface area contributed by atoms with Crippen LogP contribution >= 0.6 is 0 Å². The van der Waals surface area contributed by atoms with Gasteiger partial charge in [0.15, 0.2) is 0 Å². The lowest BCUT2D eigenvalue weighted by atomic mass is 10.6. The summed E-state index contributed by atoms with van der Waals surface area (Å²) >= 11 is 0. The number of carbonyl (C=O) groups is 2. The predicted molar refractivity (Wildman–Crippen MR) is 32.5 cm³/mol. The van der Waals surface area contributed by atoms with E-state index < -0.39 is 31.5 Å². The van der Waals surface area contributed by atoms with Crippen LogP contribution in [0.3, 0.4) is 0 Å². The molecule has 8 heteroatoms. The fourth-order valence-corrected chi connectivity index (χ4v) is 0.358. The quantitative estimate of drug-likeness (QED) is 0.522. The van der Waals surface area contributed by atoms with Crippen LogP contribution in [-0.4, -0.2) is 31.5 Å². The highest BCUT2D eigenvalue weighted by atomic mass is 19.4. The number of hydrogen-bond donors (Lipinski definition) is 1. The van der Waals surface area contributed by atoms with E-state index in [2.05, 4.69) is 15.2 Å². The summed E-state index contributed by atoms with van der Waals surface area (Å²) < 4.78 is 41.9. The Morgan fingerprint density at radius 1 is 1.15 bits per heavy atom. The molecule has 0 fully saturated rings. The first kappa shape index (κ1) is 11.5. The van der Waals surface area contributed by atoms with Crippen LogP contribution in [0.1, 0.15) is 0 Å². The number of amides is 1. The van der Waals surface area contributed by atoms with Crippen LogP contribution in [0.5, 0.6) is 0 Å². The molecule has 0 aromatic rings. The molecule has 0 aromatic carbocycles. The first-order valence-corrected chi connectivity index (χ1v) is 3.00. The highest BCUT2D eigenvalue weighted by Crippen LogP contribution is 2.15. The van der Waals surface area contributed by atoms with E-state index in [4.69, 9.17) is 0 Å². The summed E-state index contributed by atoms with van der Waals surface area (Å²) in [6.45, 7) is -1.18. The standard InChI is InChI=1S/C5H6F3NO4/c6-5(7,8)3(10)12-1-2-13-4(9)11/h1-2H2,(H2,9,11). The maximum atomic E-state index is 11.4. The first-order chi connectivity index (χ1) is 5.84. The average Bonchev–Trinajstić information content (AvgIpc) is 1.95. The topological polar surface area (TPSA) is 78.6 Å². The number of halogens is 3. The van der Waals surface area contributed by atoms with Crippen LogP contribution in [0.2, 0.25) is 0 Å². The Morgan fingerprint density at radius 2 is 1.62 bits per heavy atom. The number of nitrogens with two attached hydrogens (primary N) is 1. The fraction of sp³-hybridized carbons (Fsp3) is 0.600. The lowest BCUT2D eigenvalue weighted by Gasteiger charge is -2.06. The third-order valence-corrected chi connectivity index (χ3v) is 0.792. The van der Waals surface area contributed by atoms with Crippen molar-refractivity contribution in [2.75, 3.05) is 13.2 Å². The Balaban J connectivity index is 3.55. The van der Waals surface area contributed by atoms with Gasteiger partial charge in [-0.25, -0.2) is 9.59 Å². The summed E-state index contributed by atoms with van der Waals surface area (Å²) in [4.78, 5) is 19.9. The Labute approximate surface area is 70.6 Å². The van der Waals surface area contributed by atoms with Gasteiger partial charge in [-0.15, -0.1) is 0 Å². The number of alkyl halides is 3. The maximum Gasteiger partial charge on any atom is 0.490 e. The molecule has 0 aliphatic carbocycles. The Bertz CT molecular complexity index is 202. The summed E-state index contributed by atoms with van der Waals surface area (Å²) in [5.41, 5.74) is 4.47. The molecule has 76 valence electrons. The van der Waals surface area contributed by atoms with Crippen molar-refractivity contribution in [1.82, 2.24) is 0 Å². The van der Waals surface area contributed by atoms with Gasteiger partial charge in [0.1, 0.15) is 13.2 Å². The molecular formula is C5H6F3NO4. The van der Waals surface area contributed by atoms with Gasteiger partial charge in [-0.05, 0) is 0 Å². The largest absolute Gasteiger partial charge is 0.490 e. The van der Waals surface area contributed by atoms with Gasteiger partial charge in [0.25, 0.3) is 0 Å². The highest BCUT2D eigenvalue weighted by Gasteiger charge is 2.40. The van der Waals surface area contributed by atoms with E-state index >= 15 is 0 Å². The summed E-state index contributed by atoms with van der Waals surface area (Å²) in [6, 6.07) is 0. The zero-order valence-electron chi connectivity index (χ0n) is 6.26. The van der Waals surface area contributed by atoms with Crippen LogP contribution < -0.4 is 5.73 Å². The average molecular weight is 201 g/mol. The molecule has 1 amide bonds. The second-order valence-corrected chi connectivity index (χ2v) is 1.80. The molecule has 0 aliphatic heterocycles. The second-order valence-electron chi connectivity index (χ2n) is 1.80. The van der Waals surface area contributed by atoms with Crippen molar-refractivity contribution in [2.24, 2.45) is 5.73 Å². The second kappa shape index (κ2) is 4.53. The monoisotopic (exact) mass is 201 g/mol. The van der Waals surface area contributed by atoms with Crippen molar-refractivity contribution in [3.8, 4) is 0 Å². The zero-order valence-corrected chi connectivity index (χ0v) is 6.26. The normalized spacial score (nSPS) is 10.7. The van der Waals surface area contributed by atoms with Gasteiger partial charge < -0.3 is 15.2 Å². The molecule has 0 aromatic heterocycles. The summed E-state index contributed by atoms with van der Waals surface area (Å²) in [5, 5.41) is 0. The van der Waals surface area contributed by atoms with Gasteiger partial charge in [0.2, 0.25) is 0 Å². The molecule has 0 unspecified atom stereocenters. The first-order valence-electron chi connectivity index (χ1n) is 3.00. The summed E-state index contributed by atoms with van der Waals surface area (Å²) in [5.74, 6) is -2.33. The third kappa shape index (κ3) is 5.76. The summed E-state index contributed by atoms with van der Waals surface area (Å²) in [7, 11) is 0. The van der Waals surface area contributed by atoms with E-state index in [-0.39, 0.29) is 0 Å². The van der Waals surface area contributed by atoms with Crippen LogP contribution in [-0.2, 0) is 14.3 Å². The summed E-state index contributed by atoms with van der Waals surface area (Å²) in [6.07, 6.45) is -6.18. The lowest BCUT2D eigenvalue weighted by molar-refractivity contribution is -0.200. The van der Waals surface area contributed by atoms with Crippen molar-refractivity contribution in [3.05, 3.63) is 0 Å². The minimum atomic E-state index is -5.03. The molecule has 0 rings (SSSR count). The van der Waals surface area contributed by atoms with Crippen molar-refractivity contribution in [3.63, 3.8) is 0 Å². The molecule has 13 heavy (non-hydrogen) atoms. The minimum Gasteiger partial charge on any atom is -0.455 e. The van der Waals surface area contributed by atoms with Crippen LogP contribution in [0, 0.1) is 0 Å². The molecule has 0 saturated heterocycles. The Morgan fingerprint density at radius 3 is 2.00 bits per heavy atom. The number of hydrogen-bond acceptors (Lipinski definition) is 4. The zero-order chi connectivity index (χ0) is 10.5. The Kier molecular flexibility index (Phi) is 4.02. The van der Waals surface area contributed by atoms with E-state index in [1.54, 1.807) is 0 Å². The van der Waals surface area contributed by atoms with Crippen LogP contribution in [0.25, 0.3) is 0 Å². The molecule has 2 N–H and O–H groups in total. The van der Waals surface area contributed by atoms with E-state index in [0.29, 0.717) is 0 Å². The minimum absolute atomic E-state index is 0.503. The smallest absolute Gasteiger partial charge is 0.455 e. The van der Waals surface area contributed by atoms with E-state index in [1.165, 1.54) is 0 Å². The van der Waals surface area contributed by atoms with E-state index in [9.17, 15) is 22.8 Å². The van der Waals surface area contributed by atoms with Crippen LogP contribution in [0.4, 0.5) is 18.0 Å². The van der Waals surface area contributed by atoms with Crippen molar-refractivity contribution < 1.29 is 32.2 Å². The van der Waals surface area contributed by atoms with Gasteiger partial charge in [-0.2, -0.15) is 13.2 Å². The third-order valence-electron chi connectivity index (χ3n) is 0.792. The molecule has 0 radical (unpaired) electrons. The lowest BCUT2D eigenvalue weighted by Crippen LogP contribution is -2.27. The molecule has 5 nitrogen and oxygen atoms in total. The number of ether oxygens (including phenoxy) is 2. The number of carbonyl (C=O) groups excluding carboxylic acids is 2. The number of esters is 1. The highest BCUT2D eigenvalue weighted by molar-refractivity contribution is 5.75. The molecular weight excluding hydrogens is 195 g/mol. The molecule has 0 atom stereocenters. The van der Waals surface area contributed by atoms with Crippen LogP contribution in [0.15, 0.2) is 0 Å². The van der Waals surface area contributed by atoms with Gasteiger partial charge in [0, 0.05) is 0 Å². The molecule has 0 aliphatic rings. The van der Waals surface area contributed by atoms with Gasteiger partial charge >= 0.3 is 18.2 Å². The maximum absolute atomic E-state index is 11.4. The molecule has 0 bridgehead atoms. The van der Waals surface area contributed by atoms with Gasteiger partial charge in [-0.3, -0.25) is 0 Å². The van der Waals surface area contributed by atoms with Gasteiger partial charge in [-0.1, -0.05) is 0 Å². The van der Waals surface area contributed by atoms with Crippen molar-refractivity contribution in [2.45, 2.75) is 6.18 Å². The van der Waals surface area contributed by atoms with E-state index in [0.717, 1.165) is 0 Å². The fourth-order valence-electron chi connectivity index (χ4n) is 0.358. The van der Waals surface area contributed by atoms with Gasteiger partial charge in [0.05, 0.1) is 0 Å². The Hall–Kier alpha value is -1.47. The SMILES string of the molecule is NC(=O)OCCOC(=O)C(F)(F)F. The molecule has 0 heterocycles.